The van der Waals surface area contributed by atoms with Crippen molar-refractivity contribution in [3.05, 3.63) is 7.05 Å². The molecule has 0 aliphatic rings. The van der Waals surface area contributed by atoms with Crippen LogP contribution < -0.4 is 0 Å². The van der Waals surface area contributed by atoms with Crippen molar-refractivity contribution in [1.82, 2.24) is 4.90 Å². The molecule has 0 rings (SSSR count). The van der Waals surface area contributed by atoms with Gasteiger partial charge in [-0.15, -0.1) is 0 Å². The molecule has 0 aliphatic heterocycles. The predicted molar refractivity (Wildman–Crippen MR) is 19.0 cm³/mol. The summed E-state index contributed by atoms with van der Waals surface area (Å²) in [4.78, 5) is 1.75. The van der Waals surface area contributed by atoms with Crippen molar-refractivity contribution in [3.63, 3.8) is 0 Å². The van der Waals surface area contributed by atoms with Crippen LogP contribution in [0.25, 0.3) is 0 Å². The Labute approximate surface area is 47.6 Å². The first kappa shape index (κ1) is 9.17. The minimum Gasteiger partial charge on any atom is -0.464 e. The van der Waals surface area contributed by atoms with Gasteiger partial charge in [0.1, 0.15) is 0 Å². The van der Waals surface area contributed by atoms with Gasteiger partial charge in [-0.2, -0.15) is 0 Å². The Morgan fingerprint density at radius 1 is 1.40 bits per heavy atom. The van der Waals surface area contributed by atoms with Crippen LogP contribution in [0.1, 0.15) is 0 Å². The third-order valence-corrected chi connectivity index (χ3v) is 0. The average molecular weight is 242 g/mol. The summed E-state index contributed by atoms with van der Waals surface area (Å²) in [5, 5.41) is 0. The van der Waals surface area contributed by atoms with Crippen molar-refractivity contribution in [3.8, 4) is 0 Å². The van der Waals surface area contributed by atoms with Crippen LogP contribution in [0.5, 0.6) is 0 Å². The summed E-state index contributed by atoms with van der Waals surface area (Å²) in [7, 11) is 7.25. The van der Waals surface area contributed by atoms with Crippen LogP contribution in [-0.2, 0) is 21.1 Å². The first-order chi connectivity index (χ1) is 1.73. The average Bonchev–Trinajstić information content (AvgIpc) is 0.811. The fourth-order valence-corrected chi connectivity index (χ4v) is 0. The standard InChI is InChI=1S/C3H8N.W/c1-4(2)3;/h1H2,2-3H3;/q-1;. The zero-order chi connectivity index (χ0) is 3.58. The van der Waals surface area contributed by atoms with Crippen LogP contribution in [-0.4, -0.2) is 19.0 Å². The number of hydrogen-bond donors (Lipinski definition) is 0. The molecular formula is C3H8NW-. The third kappa shape index (κ3) is 77.6. The Morgan fingerprint density at radius 3 is 1.40 bits per heavy atom. The van der Waals surface area contributed by atoms with Crippen LogP contribution >= 0.6 is 0 Å². The van der Waals surface area contributed by atoms with Gasteiger partial charge in [-0.1, -0.05) is 0 Å². The maximum atomic E-state index is 3.47. The molecule has 32 valence electrons. The summed E-state index contributed by atoms with van der Waals surface area (Å²) in [5.41, 5.74) is 0. The van der Waals surface area contributed by atoms with E-state index in [1.165, 1.54) is 0 Å². The molecule has 2 heteroatoms. The fourth-order valence-electron chi connectivity index (χ4n) is 0. The monoisotopic (exact) mass is 242 g/mol. The van der Waals surface area contributed by atoms with Crippen LogP contribution in [0.3, 0.4) is 0 Å². The van der Waals surface area contributed by atoms with E-state index in [4.69, 9.17) is 0 Å². The normalized spacial score (nSPS) is 7.20. The van der Waals surface area contributed by atoms with Gasteiger partial charge in [-0.3, -0.25) is 7.05 Å². The minimum absolute atomic E-state index is 0. The molecule has 0 aromatic carbocycles. The van der Waals surface area contributed by atoms with E-state index in [0.717, 1.165) is 0 Å². The van der Waals surface area contributed by atoms with Gasteiger partial charge >= 0.3 is 0 Å². The molecule has 0 radical (unpaired) electrons. The van der Waals surface area contributed by atoms with E-state index in [1.54, 1.807) is 4.90 Å². The second kappa shape index (κ2) is 4.65. The summed E-state index contributed by atoms with van der Waals surface area (Å²) < 4.78 is 0. The maximum Gasteiger partial charge on any atom is 0 e. The van der Waals surface area contributed by atoms with Gasteiger partial charge < -0.3 is 4.90 Å². The molecule has 0 fully saturated rings. The van der Waals surface area contributed by atoms with Gasteiger partial charge in [0.05, 0.1) is 0 Å². The molecule has 0 atom stereocenters. The molecule has 0 spiro atoms. The number of rotatable bonds is 0. The summed E-state index contributed by atoms with van der Waals surface area (Å²) >= 11 is 0. The quantitative estimate of drug-likeness (QED) is 0.553. The second-order valence-corrected chi connectivity index (χ2v) is 1.08. The van der Waals surface area contributed by atoms with Crippen molar-refractivity contribution in [2.45, 2.75) is 0 Å². The molecule has 0 aromatic heterocycles. The molecule has 5 heavy (non-hydrogen) atoms. The molecule has 0 aliphatic carbocycles. The summed E-state index contributed by atoms with van der Waals surface area (Å²) in [6.45, 7) is 0. The van der Waals surface area contributed by atoms with Gasteiger partial charge in [0.25, 0.3) is 0 Å². The van der Waals surface area contributed by atoms with E-state index in [9.17, 15) is 0 Å². The SMILES string of the molecule is [CH2-]N(C)C.[W]. The molecule has 0 saturated carbocycles. The summed E-state index contributed by atoms with van der Waals surface area (Å²) in [5.74, 6) is 0. The molecule has 0 unspecified atom stereocenters. The van der Waals surface area contributed by atoms with E-state index in [2.05, 4.69) is 7.05 Å². The van der Waals surface area contributed by atoms with Crippen molar-refractivity contribution in [2.24, 2.45) is 0 Å². The Hall–Kier alpha value is 0.648. The molecule has 0 bridgehead atoms. The van der Waals surface area contributed by atoms with Gasteiger partial charge in [0, 0.05) is 21.1 Å². The van der Waals surface area contributed by atoms with Gasteiger partial charge in [-0.05, 0) is 14.1 Å². The number of hydrogen-bond acceptors (Lipinski definition) is 1. The molecular weight excluding hydrogens is 234 g/mol. The van der Waals surface area contributed by atoms with E-state index in [0.29, 0.717) is 0 Å². The van der Waals surface area contributed by atoms with Crippen molar-refractivity contribution in [1.29, 1.82) is 0 Å². The second-order valence-electron chi connectivity index (χ2n) is 1.08. The van der Waals surface area contributed by atoms with Crippen LogP contribution in [0.15, 0.2) is 0 Å². The zero-order valence-corrected chi connectivity index (χ0v) is 6.50. The predicted octanol–water partition coefficient (Wildman–Crippen LogP) is 0.337. The Kier molecular flexibility index (Phi) is 8.52. The molecule has 0 amide bonds. The minimum atomic E-state index is 0. The molecule has 0 saturated heterocycles. The van der Waals surface area contributed by atoms with Crippen molar-refractivity contribution >= 4 is 0 Å². The van der Waals surface area contributed by atoms with Gasteiger partial charge in [-0.25, -0.2) is 0 Å². The van der Waals surface area contributed by atoms with Gasteiger partial charge in [0.15, 0.2) is 0 Å². The first-order valence-corrected chi connectivity index (χ1v) is 1.21. The Balaban J connectivity index is 0. The van der Waals surface area contributed by atoms with Crippen LogP contribution in [0.2, 0.25) is 0 Å². The van der Waals surface area contributed by atoms with Crippen molar-refractivity contribution in [2.75, 3.05) is 14.1 Å². The molecule has 0 aromatic rings. The van der Waals surface area contributed by atoms with E-state index in [1.807, 2.05) is 14.1 Å². The fraction of sp³-hybridized carbons (Fsp3) is 0.667. The third-order valence-electron chi connectivity index (χ3n) is 0. The Morgan fingerprint density at radius 2 is 1.40 bits per heavy atom. The van der Waals surface area contributed by atoms with Crippen LogP contribution in [0.4, 0.5) is 0 Å². The van der Waals surface area contributed by atoms with E-state index < -0.39 is 0 Å². The zero-order valence-electron chi connectivity index (χ0n) is 3.56. The molecule has 0 heterocycles. The smallest absolute Gasteiger partial charge is 0 e. The first-order valence-electron chi connectivity index (χ1n) is 1.21. The van der Waals surface area contributed by atoms with Gasteiger partial charge in [0.2, 0.25) is 0 Å². The van der Waals surface area contributed by atoms with E-state index >= 15 is 0 Å². The largest absolute Gasteiger partial charge is 0.464 e. The summed E-state index contributed by atoms with van der Waals surface area (Å²) in [6, 6.07) is 0. The molecule has 0 N–H and O–H groups in total. The topological polar surface area (TPSA) is 3.24 Å². The van der Waals surface area contributed by atoms with Crippen molar-refractivity contribution < 1.29 is 21.1 Å². The van der Waals surface area contributed by atoms with Crippen LogP contribution in [0, 0.1) is 7.05 Å². The maximum absolute atomic E-state index is 3.47. The summed E-state index contributed by atoms with van der Waals surface area (Å²) in [6.07, 6.45) is 0. The number of nitrogens with zero attached hydrogens (tertiary/aromatic N) is 1. The van der Waals surface area contributed by atoms with E-state index in [-0.39, 0.29) is 21.1 Å². The Bertz CT molecular complexity index is 11.6. The molecule has 1 nitrogen and oxygen atoms in total.